The third kappa shape index (κ3) is 5.66. The Hall–Kier alpha value is -3.39. The number of hydrogen-bond donors (Lipinski definition) is 2. The van der Waals surface area contributed by atoms with Crippen LogP contribution in [0.15, 0.2) is 72.9 Å². The fraction of sp³-hybridized carbons (Fsp3) is 0.233. The third-order valence-electron chi connectivity index (χ3n) is 7.02. The number of carbonyl (C=O) groups is 1. The van der Waals surface area contributed by atoms with Gasteiger partial charge >= 0.3 is 0 Å². The van der Waals surface area contributed by atoms with Gasteiger partial charge in [-0.3, -0.25) is 9.78 Å². The van der Waals surface area contributed by atoms with E-state index in [1.54, 1.807) is 12.3 Å². The van der Waals surface area contributed by atoms with Gasteiger partial charge in [0, 0.05) is 41.3 Å². The van der Waals surface area contributed by atoms with Crippen LogP contribution >= 0.6 is 35.4 Å². The van der Waals surface area contributed by atoms with E-state index in [9.17, 15) is 4.79 Å². The summed E-state index contributed by atoms with van der Waals surface area (Å²) in [5.41, 5.74) is 6.76. The molecule has 0 spiro atoms. The molecule has 2 aromatic carbocycles. The van der Waals surface area contributed by atoms with Crippen molar-refractivity contribution in [3.8, 4) is 5.69 Å². The van der Waals surface area contributed by atoms with Crippen LogP contribution in [0.4, 0.5) is 5.69 Å². The molecule has 9 heteroatoms. The Morgan fingerprint density at radius 2 is 1.87 bits per heavy atom. The molecule has 39 heavy (non-hydrogen) atoms. The van der Waals surface area contributed by atoms with Crippen molar-refractivity contribution in [2.45, 2.75) is 39.3 Å². The van der Waals surface area contributed by atoms with Gasteiger partial charge in [-0.2, -0.15) is 0 Å². The molecule has 2 N–H and O–H groups in total. The molecule has 0 unspecified atom stereocenters. The first-order chi connectivity index (χ1) is 18.7. The lowest BCUT2D eigenvalue weighted by Gasteiger charge is -2.28. The van der Waals surface area contributed by atoms with Gasteiger partial charge < -0.3 is 20.1 Å². The molecule has 3 heterocycles. The highest BCUT2D eigenvalue weighted by molar-refractivity contribution is 7.80. The molecule has 1 aliphatic heterocycles. The standard InChI is InChI=1S/C30H29Cl2N5OS/c1-18-7-6-8-22(15-18)34-27(38)12-14-36-29(28(35-30(36)39)25-9-4-5-13-33-25)23-16-19(2)37(20(23)3)26-11-10-21(31)17-24(26)32/h4-11,13,15-17,28-29H,12,14H2,1-3H3,(H,34,38)(H,35,39)/t28-,29+/m0/s1. The van der Waals surface area contributed by atoms with Crippen LogP contribution in [0.5, 0.6) is 0 Å². The van der Waals surface area contributed by atoms with E-state index in [1.807, 2.05) is 61.5 Å². The lowest BCUT2D eigenvalue weighted by molar-refractivity contribution is -0.116. The molecule has 1 saturated heterocycles. The normalized spacial score (nSPS) is 16.8. The second kappa shape index (κ2) is 11.4. The molecule has 200 valence electrons. The van der Waals surface area contributed by atoms with Gasteiger partial charge in [-0.05, 0) is 92.6 Å². The van der Waals surface area contributed by atoms with Crippen molar-refractivity contribution >= 4 is 52.1 Å². The zero-order valence-electron chi connectivity index (χ0n) is 21.9. The van der Waals surface area contributed by atoms with Crippen LogP contribution in [0, 0.1) is 20.8 Å². The molecular weight excluding hydrogens is 549 g/mol. The first-order valence-electron chi connectivity index (χ1n) is 12.7. The van der Waals surface area contributed by atoms with Gasteiger partial charge in [0.2, 0.25) is 5.91 Å². The number of aryl methyl sites for hydroxylation is 2. The summed E-state index contributed by atoms with van der Waals surface area (Å²) in [4.78, 5) is 19.6. The van der Waals surface area contributed by atoms with Crippen molar-refractivity contribution in [3.05, 3.63) is 111 Å². The number of nitrogens with zero attached hydrogens (tertiary/aromatic N) is 3. The highest BCUT2D eigenvalue weighted by atomic mass is 35.5. The number of halogens is 2. The molecule has 2 aromatic heterocycles. The highest BCUT2D eigenvalue weighted by Crippen LogP contribution is 2.42. The molecule has 0 radical (unpaired) electrons. The van der Waals surface area contributed by atoms with Crippen molar-refractivity contribution in [2.75, 3.05) is 11.9 Å². The van der Waals surface area contributed by atoms with Crippen molar-refractivity contribution in [1.82, 2.24) is 19.8 Å². The third-order valence-corrected chi connectivity index (χ3v) is 7.91. The molecule has 0 aliphatic carbocycles. The summed E-state index contributed by atoms with van der Waals surface area (Å²) in [5, 5.41) is 8.23. The number of hydrogen-bond acceptors (Lipinski definition) is 3. The van der Waals surface area contributed by atoms with Gasteiger partial charge in [0.25, 0.3) is 0 Å². The maximum atomic E-state index is 12.9. The Morgan fingerprint density at radius 1 is 1.05 bits per heavy atom. The molecule has 0 saturated carbocycles. The molecule has 1 aliphatic rings. The summed E-state index contributed by atoms with van der Waals surface area (Å²) in [6, 6.07) is 21.0. The van der Waals surface area contributed by atoms with Gasteiger partial charge in [0.1, 0.15) is 0 Å². The van der Waals surface area contributed by atoms with E-state index in [0.717, 1.165) is 39.6 Å². The van der Waals surface area contributed by atoms with Gasteiger partial charge in [-0.25, -0.2) is 0 Å². The van der Waals surface area contributed by atoms with Crippen LogP contribution in [-0.2, 0) is 4.79 Å². The van der Waals surface area contributed by atoms with Crippen LogP contribution in [0.3, 0.4) is 0 Å². The summed E-state index contributed by atoms with van der Waals surface area (Å²) >= 11 is 18.6. The first-order valence-corrected chi connectivity index (χ1v) is 13.9. The van der Waals surface area contributed by atoms with Crippen LogP contribution in [0.1, 0.15) is 46.7 Å². The predicted octanol–water partition coefficient (Wildman–Crippen LogP) is 7.11. The lowest BCUT2D eigenvalue weighted by atomic mass is 9.96. The zero-order chi connectivity index (χ0) is 27.7. The number of amides is 1. The van der Waals surface area contributed by atoms with Crippen LogP contribution in [0.2, 0.25) is 10.0 Å². The molecule has 6 nitrogen and oxygen atoms in total. The van der Waals surface area contributed by atoms with Crippen molar-refractivity contribution < 1.29 is 4.79 Å². The topological polar surface area (TPSA) is 62.2 Å². The number of aromatic nitrogens is 2. The monoisotopic (exact) mass is 577 g/mol. The van der Waals surface area contributed by atoms with E-state index in [4.69, 9.17) is 35.4 Å². The first kappa shape index (κ1) is 27.2. The van der Waals surface area contributed by atoms with Crippen molar-refractivity contribution in [2.24, 2.45) is 0 Å². The Kier molecular flexibility index (Phi) is 7.93. The maximum absolute atomic E-state index is 12.9. The van der Waals surface area contributed by atoms with E-state index in [0.29, 0.717) is 21.7 Å². The van der Waals surface area contributed by atoms with Crippen LogP contribution in [-0.4, -0.2) is 32.0 Å². The Bertz CT molecular complexity index is 1540. The van der Waals surface area contributed by atoms with E-state index in [1.165, 1.54) is 0 Å². The number of carbonyl (C=O) groups excluding carboxylic acids is 1. The molecular formula is C30H29Cl2N5OS. The fourth-order valence-electron chi connectivity index (χ4n) is 5.27. The number of rotatable bonds is 7. The second-order valence-corrected chi connectivity index (χ2v) is 11.0. The predicted molar refractivity (Wildman–Crippen MR) is 162 cm³/mol. The highest BCUT2D eigenvalue weighted by Gasteiger charge is 2.41. The molecule has 1 fully saturated rings. The van der Waals surface area contributed by atoms with E-state index in [2.05, 4.69) is 45.0 Å². The average Bonchev–Trinajstić information content (AvgIpc) is 3.38. The van der Waals surface area contributed by atoms with E-state index < -0.39 is 0 Å². The smallest absolute Gasteiger partial charge is 0.226 e. The van der Waals surface area contributed by atoms with Crippen LogP contribution in [0.25, 0.3) is 5.69 Å². The Morgan fingerprint density at radius 3 is 2.59 bits per heavy atom. The van der Waals surface area contributed by atoms with Crippen LogP contribution < -0.4 is 10.6 Å². The minimum atomic E-state index is -0.187. The van der Waals surface area contributed by atoms with Gasteiger partial charge in [0.15, 0.2) is 5.11 Å². The number of anilines is 1. The zero-order valence-corrected chi connectivity index (χ0v) is 24.2. The van der Waals surface area contributed by atoms with Crippen molar-refractivity contribution in [3.63, 3.8) is 0 Å². The lowest BCUT2D eigenvalue weighted by Crippen LogP contribution is -2.32. The average molecular weight is 579 g/mol. The Labute approximate surface area is 244 Å². The fourth-order valence-corrected chi connectivity index (χ4v) is 6.10. The number of benzene rings is 2. The van der Waals surface area contributed by atoms with E-state index >= 15 is 0 Å². The van der Waals surface area contributed by atoms with Gasteiger partial charge in [-0.1, -0.05) is 41.4 Å². The minimum Gasteiger partial charge on any atom is -0.352 e. The summed E-state index contributed by atoms with van der Waals surface area (Å²) in [5.74, 6) is -0.0677. The number of pyridine rings is 1. The summed E-state index contributed by atoms with van der Waals surface area (Å²) < 4.78 is 2.13. The van der Waals surface area contributed by atoms with E-state index in [-0.39, 0.29) is 24.4 Å². The summed E-state index contributed by atoms with van der Waals surface area (Å²) in [7, 11) is 0. The SMILES string of the molecule is Cc1cccc(NC(=O)CCN2C(=S)N[C@@H](c3ccccn3)[C@H]2c2cc(C)n(-c3ccc(Cl)cc3Cl)c2C)c1. The molecule has 5 rings (SSSR count). The molecule has 4 aromatic rings. The molecule has 0 bridgehead atoms. The van der Waals surface area contributed by atoms with Gasteiger partial charge in [0.05, 0.1) is 28.5 Å². The quantitative estimate of drug-likeness (QED) is 0.229. The Balaban J connectivity index is 1.48. The maximum Gasteiger partial charge on any atom is 0.226 e. The number of nitrogens with one attached hydrogen (secondary N) is 2. The van der Waals surface area contributed by atoms with Gasteiger partial charge in [-0.15, -0.1) is 0 Å². The minimum absolute atomic E-state index is 0.0677. The molecule has 2 atom stereocenters. The second-order valence-electron chi connectivity index (χ2n) is 9.75. The largest absolute Gasteiger partial charge is 0.352 e. The summed E-state index contributed by atoms with van der Waals surface area (Å²) in [6.07, 6.45) is 2.06. The summed E-state index contributed by atoms with van der Waals surface area (Å²) in [6.45, 7) is 6.58. The van der Waals surface area contributed by atoms with Crippen molar-refractivity contribution in [1.29, 1.82) is 0 Å². The number of thiocarbonyl (C=S) groups is 1. The molecule has 1 amide bonds.